The summed E-state index contributed by atoms with van der Waals surface area (Å²) >= 11 is 0. The first-order chi connectivity index (χ1) is 7.89. The van der Waals surface area contributed by atoms with E-state index in [9.17, 15) is 13.2 Å². The molecule has 2 fully saturated rings. The second kappa shape index (κ2) is 4.45. The van der Waals surface area contributed by atoms with Crippen LogP contribution in [0, 0.1) is 0 Å². The molecule has 0 radical (unpaired) electrons. The van der Waals surface area contributed by atoms with Crippen molar-refractivity contribution >= 4 is 15.9 Å². The Balaban J connectivity index is 2.10. The quantitative estimate of drug-likeness (QED) is 0.646. The summed E-state index contributed by atoms with van der Waals surface area (Å²) in [7, 11) is -3.01. The van der Waals surface area contributed by atoms with Crippen molar-refractivity contribution in [2.24, 2.45) is 0 Å². The number of carbonyl (C=O) groups excluding carboxylic acids is 1. The monoisotopic (exact) mass is 261 g/mol. The maximum Gasteiger partial charge on any atom is 0.317 e. The normalized spacial score (nSPS) is 31.4. The van der Waals surface area contributed by atoms with Crippen LogP contribution in [0.3, 0.4) is 0 Å². The minimum absolute atomic E-state index is 0.0637. The predicted octanol–water partition coefficient (Wildman–Crippen LogP) is -0.825. The summed E-state index contributed by atoms with van der Waals surface area (Å²) in [4.78, 5) is 13.6. The van der Waals surface area contributed by atoms with E-state index < -0.39 is 9.84 Å². The molecule has 2 aliphatic rings. The van der Waals surface area contributed by atoms with Gasteiger partial charge in [-0.15, -0.1) is 0 Å². The molecule has 7 heteroatoms. The molecule has 98 valence electrons. The molecule has 0 aromatic heterocycles. The number of piperazine rings is 1. The third-order valence-electron chi connectivity index (χ3n) is 3.16. The van der Waals surface area contributed by atoms with E-state index in [0.29, 0.717) is 13.1 Å². The number of nitrogens with zero attached hydrogens (tertiary/aromatic N) is 1. The number of urea groups is 1. The summed E-state index contributed by atoms with van der Waals surface area (Å²) in [6.07, 6.45) is 0. The minimum atomic E-state index is -3.01. The average molecular weight is 261 g/mol. The second-order valence-electron chi connectivity index (χ2n) is 5.00. The van der Waals surface area contributed by atoms with E-state index in [1.165, 1.54) is 0 Å². The highest BCUT2D eigenvalue weighted by Crippen LogP contribution is 2.21. The zero-order chi connectivity index (χ0) is 12.6. The number of hydrogen-bond donors (Lipinski definition) is 2. The Kier molecular flexibility index (Phi) is 3.31. The van der Waals surface area contributed by atoms with Gasteiger partial charge in [0.25, 0.3) is 0 Å². The molecule has 2 N–H and O–H groups in total. The summed E-state index contributed by atoms with van der Waals surface area (Å²) in [6.45, 7) is 5.00. The fourth-order valence-electron chi connectivity index (χ4n) is 2.45. The predicted molar refractivity (Wildman–Crippen MR) is 64.6 cm³/mol. The standard InChI is InChI=1S/C10H19N3O3S/c1-7(2)12-10(14)13-4-3-11-8-5-17(15,16)6-9(8)13/h7-9,11H,3-6H2,1-2H3,(H,12,14)/t8-,9+/m0/s1. The van der Waals surface area contributed by atoms with Gasteiger partial charge in [-0.2, -0.15) is 0 Å². The Morgan fingerprint density at radius 3 is 2.76 bits per heavy atom. The van der Waals surface area contributed by atoms with Crippen LogP contribution in [-0.2, 0) is 9.84 Å². The Hall–Kier alpha value is -0.820. The fourth-order valence-corrected chi connectivity index (χ4v) is 4.41. The first-order valence-corrected chi connectivity index (χ1v) is 7.72. The van der Waals surface area contributed by atoms with E-state index in [1.807, 2.05) is 13.8 Å². The van der Waals surface area contributed by atoms with Crippen LogP contribution in [0.5, 0.6) is 0 Å². The lowest BCUT2D eigenvalue weighted by Gasteiger charge is -2.37. The van der Waals surface area contributed by atoms with Gasteiger partial charge in [-0.3, -0.25) is 0 Å². The van der Waals surface area contributed by atoms with Crippen molar-refractivity contribution in [3.8, 4) is 0 Å². The van der Waals surface area contributed by atoms with Gasteiger partial charge in [0.1, 0.15) is 0 Å². The van der Waals surface area contributed by atoms with Crippen molar-refractivity contribution in [2.45, 2.75) is 32.0 Å². The first-order valence-electron chi connectivity index (χ1n) is 5.90. The van der Waals surface area contributed by atoms with Crippen molar-refractivity contribution in [3.63, 3.8) is 0 Å². The molecule has 2 saturated heterocycles. The van der Waals surface area contributed by atoms with Crippen LogP contribution < -0.4 is 10.6 Å². The molecule has 0 spiro atoms. The lowest BCUT2D eigenvalue weighted by molar-refractivity contribution is 0.149. The maximum atomic E-state index is 12.0. The van der Waals surface area contributed by atoms with Crippen molar-refractivity contribution < 1.29 is 13.2 Å². The van der Waals surface area contributed by atoms with E-state index >= 15 is 0 Å². The van der Waals surface area contributed by atoms with E-state index in [-0.39, 0.29) is 35.7 Å². The van der Waals surface area contributed by atoms with Crippen LogP contribution in [0.25, 0.3) is 0 Å². The van der Waals surface area contributed by atoms with Crippen LogP contribution in [0.15, 0.2) is 0 Å². The maximum absolute atomic E-state index is 12.0. The highest BCUT2D eigenvalue weighted by Gasteiger charge is 2.44. The zero-order valence-electron chi connectivity index (χ0n) is 10.1. The Morgan fingerprint density at radius 1 is 1.41 bits per heavy atom. The summed E-state index contributed by atoms with van der Waals surface area (Å²) in [6, 6.07) is -0.415. The third-order valence-corrected chi connectivity index (χ3v) is 4.87. The molecule has 0 aromatic carbocycles. The topological polar surface area (TPSA) is 78.5 Å². The fraction of sp³-hybridized carbons (Fsp3) is 0.900. The van der Waals surface area contributed by atoms with E-state index in [0.717, 1.165) is 0 Å². The van der Waals surface area contributed by atoms with Gasteiger partial charge >= 0.3 is 6.03 Å². The number of hydrogen-bond acceptors (Lipinski definition) is 4. The van der Waals surface area contributed by atoms with Crippen LogP contribution in [0.1, 0.15) is 13.8 Å². The Bertz CT molecular complexity index is 407. The lowest BCUT2D eigenvalue weighted by Crippen LogP contribution is -2.61. The molecular weight excluding hydrogens is 242 g/mol. The number of carbonyl (C=O) groups is 1. The van der Waals surface area contributed by atoms with Gasteiger partial charge in [0.05, 0.1) is 17.5 Å². The Morgan fingerprint density at radius 2 is 2.12 bits per heavy atom. The highest BCUT2D eigenvalue weighted by atomic mass is 32.2. The largest absolute Gasteiger partial charge is 0.336 e. The second-order valence-corrected chi connectivity index (χ2v) is 7.16. The molecule has 2 aliphatic heterocycles. The smallest absolute Gasteiger partial charge is 0.317 e. The molecule has 2 rings (SSSR count). The molecule has 0 aliphatic carbocycles. The van der Waals surface area contributed by atoms with Gasteiger partial charge in [0, 0.05) is 25.2 Å². The summed E-state index contributed by atoms with van der Waals surface area (Å²) in [5.74, 6) is 0.222. The molecule has 2 amide bonds. The van der Waals surface area contributed by atoms with Crippen LogP contribution in [-0.4, -0.2) is 62.1 Å². The van der Waals surface area contributed by atoms with Gasteiger partial charge in [-0.1, -0.05) is 0 Å². The minimum Gasteiger partial charge on any atom is -0.336 e. The molecule has 17 heavy (non-hydrogen) atoms. The van der Waals surface area contributed by atoms with Crippen LogP contribution in [0.2, 0.25) is 0 Å². The molecule has 6 nitrogen and oxygen atoms in total. The van der Waals surface area contributed by atoms with E-state index in [1.54, 1.807) is 4.90 Å². The van der Waals surface area contributed by atoms with Gasteiger partial charge in [-0.05, 0) is 13.8 Å². The molecule has 0 aromatic rings. The average Bonchev–Trinajstić information content (AvgIpc) is 2.49. The van der Waals surface area contributed by atoms with Crippen molar-refractivity contribution in [3.05, 3.63) is 0 Å². The summed E-state index contributed by atoms with van der Waals surface area (Å²) < 4.78 is 23.2. The van der Waals surface area contributed by atoms with Gasteiger partial charge < -0.3 is 15.5 Å². The third kappa shape index (κ3) is 2.71. The number of sulfone groups is 1. The molecule has 0 unspecified atom stereocenters. The van der Waals surface area contributed by atoms with Crippen LogP contribution in [0.4, 0.5) is 4.79 Å². The number of fused-ring (bicyclic) bond motifs is 1. The molecule has 0 saturated carbocycles. The van der Waals surface area contributed by atoms with Crippen molar-refractivity contribution in [1.29, 1.82) is 0 Å². The zero-order valence-corrected chi connectivity index (χ0v) is 11.0. The summed E-state index contributed by atoms with van der Waals surface area (Å²) in [5, 5.41) is 5.99. The summed E-state index contributed by atoms with van der Waals surface area (Å²) in [5.41, 5.74) is 0. The van der Waals surface area contributed by atoms with Crippen molar-refractivity contribution in [2.75, 3.05) is 24.6 Å². The molecule has 0 bridgehead atoms. The molecular formula is C10H19N3O3S. The van der Waals surface area contributed by atoms with E-state index in [4.69, 9.17) is 0 Å². The SMILES string of the molecule is CC(C)NC(=O)N1CCN[C@H]2CS(=O)(=O)C[C@H]21. The lowest BCUT2D eigenvalue weighted by atomic mass is 10.1. The van der Waals surface area contributed by atoms with Crippen LogP contribution >= 0.6 is 0 Å². The Labute approximate surface area is 102 Å². The van der Waals surface area contributed by atoms with Gasteiger partial charge in [0.15, 0.2) is 9.84 Å². The number of nitrogens with one attached hydrogen (secondary N) is 2. The van der Waals surface area contributed by atoms with E-state index in [2.05, 4.69) is 10.6 Å². The highest BCUT2D eigenvalue weighted by molar-refractivity contribution is 7.91. The van der Waals surface area contributed by atoms with Crippen molar-refractivity contribution in [1.82, 2.24) is 15.5 Å². The number of rotatable bonds is 1. The molecule has 2 heterocycles. The number of amides is 2. The van der Waals surface area contributed by atoms with Gasteiger partial charge in [0.2, 0.25) is 0 Å². The van der Waals surface area contributed by atoms with Gasteiger partial charge in [-0.25, -0.2) is 13.2 Å². The first kappa shape index (κ1) is 12.6. The molecule has 2 atom stereocenters.